The summed E-state index contributed by atoms with van der Waals surface area (Å²) in [4.78, 5) is 0. The van der Waals surface area contributed by atoms with Crippen molar-refractivity contribution in [3.8, 4) is 0 Å². The van der Waals surface area contributed by atoms with Crippen LogP contribution in [0.25, 0.3) is 0 Å². The zero-order valence-corrected chi connectivity index (χ0v) is 10.6. The van der Waals surface area contributed by atoms with Crippen molar-refractivity contribution in [3.05, 3.63) is 33.5 Å². The number of nitrogens with two attached hydrogens (primary N) is 1. The molecule has 0 spiro atoms. The van der Waals surface area contributed by atoms with Crippen LogP contribution in [0.15, 0.2) is 16.6 Å². The molecule has 2 rings (SSSR count). The SMILES string of the molecule is Cc1cc(F)c(Br)c(C2(C(C)N)CC2)c1. The van der Waals surface area contributed by atoms with Gasteiger partial charge in [-0.15, -0.1) is 0 Å². The lowest BCUT2D eigenvalue weighted by atomic mass is 9.88. The van der Waals surface area contributed by atoms with Crippen molar-refractivity contribution in [2.45, 2.75) is 38.1 Å². The van der Waals surface area contributed by atoms with Gasteiger partial charge in [-0.25, -0.2) is 4.39 Å². The monoisotopic (exact) mass is 271 g/mol. The molecule has 1 atom stereocenters. The topological polar surface area (TPSA) is 26.0 Å². The molecule has 1 aliphatic carbocycles. The van der Waals surface area contributed by atoms with Crippen LogP contribution in [0.4, 0.5) is 4.39 Å². The minimum atomic E-state index is -0.183. The van der Waals surface area contributed by atoms with Crippen LogP contribution in [-0.2, 0) is 5.41 Å². The highest BCUT2D eigenvalue weighted by atomic mass is 79.9. The van der Waals surface area contributed by atoms with Gasteiger partial charge in [0, 0.05) is 11.5 Å². The zero-order chi connectivity index (χ0) is 11.2. The highest BCUT2D eigenvalue weighted by Crippen LogP contribution is 2.52. The van der Waals surface area contributed by atoms with Crippen LogP contribution in [0.5, 0.6) is 0 Å². The number of rotatable bonds is 2. The molecule has 1 nitrogen and oxygen atoms in total. The van der Waals surface area contributed by atoms with Gasteiger partial charge in [-0.2, -0.15) is 0 Å². The lowest BCUT2D eigenvalue weighted by molar-refractivity contribution is 0.543. The fraction of sp³-hybridized carbons (Fsp3) is 0.500. The Morgan fingerprint density at radius 2 is 2.07 bits per heavy atom. The highest BCUT2D eigenvalue weighted by molar-refractivity contribution is 9.10. The highest BCUT2D eigenvalue weighted by Gasteiger charge is 2.48. The van der Waals surface area contributed by atoms with E-state index in [2.05, 4.69) is 15.9 Å². The molecule has 1 aromatic rings. The molecule has 0 amide bonds. The van der Waals surface area contributed by atoms with Gasteiger partial charge >= 0.3 is 0 Å². The fourth-order valence-electron chi connectivity index (χ4n) is 2.19. The van der Waals surface area contributed by atoms with Crippen LogP contribution in [0.2, 0.25) is 0 Å². The molecule has 2 N–H and O–H groups in total. The zero-order valence-electron chi connectivity index (χ0n) is 8.98. The summed E-state index contributed by atoms with van der Waals surface area (Å²) in [7, 11) is 0. The molecule has 0 bridgehead atoms. The Balaban J connectivity index is 2.53. The first-order valence-corrected chi connectivity index (χ1v) is 5.98. The van der Waals surface area contributed by atoms with Crippen molar-refractivity contribution < 1.29 is 4.39 Å². The third-order valence-corrected chi connectivity index (χ3v) is 4.18. The molecule has 0 saturated heterocycles. The first-order chi connectivity index (χ1) is 6.97. The largest absolute Gasteiger partial charge is 0.327 e. The maximum atomic E-state index is 13.6. The second-order valence-electron chi connectivity index (χ2n) is 4.55. The van der Waals surface area contributed by atoms with Crippen LogP contribution < -0.4 is 5.73 Å². The summed E-state index contributed by atoms with van der Waals surface area (Å²) in [5, 5.41) is 0. The van der Waals surface area contributed by atoms with E-state index in [0.29, 0.717) is 4.47 Å². The maximum Gasteiger partial charge on any atom is 0.137 e. The predicted octanol–water partition coefficient (Wildman–Crippen LogP) is 3.28. The summed E-state index contributed by atoms with van der Waals surface area (Å²) >= 11 is 3.33. The smallest absolute Gasteiger partial charge is 0.137 e. The Labute approximate surface area is 98.0 Å². The molecule has 1 unspecified atom stereocenters. The summed E-state index contributed by atoms with van der Waals surface area (Å²) in [5.41, 5.74) is 7.99. The van der Waals surface area contributed by atoms with Gasteiger partial charge in [-0.1, -0.05) is 6.07 Å². The Morgan fingerprint density at radius 3 is 2.53 bits per heavy atom. The quantitative estimate of drug-likeness (QED) is 0.878. The summed E-state index contributed by atoms with van der Waals surface area (Å²) in [6, 6.07) is 3.67. The second-order valence-corrected chi connectivity index (χ2v) is 5.35. The number of aryl methyl sites for hydroxylation is 1. The van der Waals surface area contributed by atoms with Crippen LogP contribution >= 0.6 is 15.9 Å². The van der Waals surface area contributed by atoms with Crippen molar-refractivity contribution in [3.63, 3.8) is 0 Å². The average Bonchev–Trinajstić information content (AvgIpc) is 2.91. The first-order valence-electron chi connectivity index (χ1n) is 5.19. The van der Waals surface area contributed by atoms with E-state index in [1.165, 1.54) is 0 Å². The van der Waals surface area contributed by atoms with Gasteiger partial charge in [0.2, 0.25) is 0 Å². The Kier molecular flexibility index (Phi) is 2.63. The van der Waals surface area contributed by atoms with Gasteiger partial charge in [-0.3, -0.25) is 0 Å². The van der Waals surface area contributed by atoms with Crippen LogP contribution in [0.3, 0.4) is 0 Å². The number of benzene rings is 1. The van der Waals surface area contributed by atoms with Crippen molar-refractivity contribution >= 4 is 15.9 Å². The van der Waals surface area contributed by atoms with Crippen molar-refractivity contribution in [1.82, 2.24) is 0 Å². The Hall–Kier alpha value is -0.410. The van der Waals surface area contributed by atoms with Crippen LogP contribution in [0, 0.1) is 12.7 Å². The van der Waals surface area contributed by atoms with E-state index in [4.69, 9.17) is 5.73 Å². The van der Waals surface area contributed by atoms with E-state index < -0.39 is 0 Å². The minimum absolute atomic E-state index is 0.00565. The molecular weight excluding hydrogens is 257 g/mol. The molecule has 0 aromatic heterocycles. The number of hydrogen-bond acceptors (Lipinski definition) is 1. The summed E-state index contributed by atoms with van der Waals surface area (Å²) in [5.74, 6) is -0.183. The molecule has 1 aliphatic rings. The van der Waals surface area contributed by atoms with Crippen LogP contribution in [-0.4, -0.2) is 6.04 Å². The van der Waals surface area contributed by atoms with Gasteiger partial charge in [-0.05, 0) is 59.8 Å². The molecule has 0 radical (unpaired) electrons. The predicted molar refractivity (Wildman–Crippen MR) is 63.4 cm³/mol. The molecule has 0 heterocycles. The molecule has 1 saturated carbocycles. The number of halogens is 2. The molecule has 1 aromatic carbocycles. The summed E-state index contributed by atoms with van der Waals surface area (Å²) in [6.07, 6.45) is 2.12. The van der Waals surface area contributed by atoms with E-state index in [-0.39, 0.29) is 17.3 Å². The van der Waals surface area contributed by atoms with Crippen LogP contribution in [0.1, 0.15) is 30.9 Å². The van der Waals surface area contributed by atoms with Gasteiger partial charge in [0.05, 0.1) is 4.47 Å². The molecular formula is C12H15BrFN. The number of hydrogen-bond donors (Lipinski definition) is 1. The van der Waals surface area contributed by atoms with Crippen molar-refractivity contribution in [2.24, 2.45) is 5.73 Å². The molecule has 82 valence electrons. The first kappa shape index (κ1) is 11.1. The normalized spacial score (nSPS) is 20.1. The maximum absolute atomic E-state index is 13.6. The third kappa shape index (κ3) is 1.72. The lowest BCUT2D eigenvalue weighted by Gasteiger charge is -2.22. The second kappa shape index (κ2) is 3.56. The van der Waals surface area contributed by atoms with Gasteiger partial charge < -0.3 is 5.73 Å². The minimum Gasteiger partial charge on any atom is -0.327 e. The van der Waals surface area contributed by atoms with Gasteiger partial charge in [0.1, 0.15) is 5.82 Å². The van der Waals surface area contributed by atoms with E-state index in [1.807, 2.05) is 19.9 Å². The lowest BCUT2D eigenvalue weighted by Crippen LogP contribution is -2.32. The Morgan fingerprint density at radius 1 is 1.47 bits per heavy atom. The molecule has 0 aliphatic heterocycles. The van der Waals surface area contributed by atoms with E-state index >= 15 is 0 Å². The molecule has 3 heteroatoms. The van der Waals surface area contributed by atoms with Crippen molar-refractivity contribution in [1.29, 1.82) is 0 Å². The molecule has 1 fully saturated rings. The van der Waals surface area contributed by atoms with Crippen molar-refractivity contribution in [2.75, 3.05) is 0 Å². The average molecular weight is 272 g/mol. The third-order valence-electron chi connectivity index (χ3n) is 3.37. The van der Waals surface area contributed by atoms with E-state index in [0.717, 1.165) is 24.0 Å². The summed E-state index contributed by atoms with van der Waals surface area (Å²) in [6.45, 7) is 3.91. The van der Waals surface area contributed by atoms with Gasteiger partial charge in [0.15, 0.2) is 0 Å². The van der Waals surface area contributed by atoms with E-state index in [9.17, 15) is 4.39 Å². The standard InChI is InChI=1S/C12H15BrFN/c1-7-5-9(11(13)10(14)6-7)12(3-4-12)8(2)15/h5-6,8H,3-4,15H2,1-2H3. The van der Waals surface area contributed by atoms with Gasteiger partial charge in [0.25, 0.3) is 0 Å². The fourth-order valence-corrected chi connectivity index (χ4v) is 2.82. The Bertz CT molecular complexity index is 397. The summed E-state index contributed by atoms with van der Waals surface area (Å²) < 4.78 is 14.2. The molecule has 15 heavy (non-hydrogen) atoms. The van der Waals surface area contributed by atoms with E-state index in [1.54, 1.807) is 6.07 Å².